The molecule has 0 spiro atoms. The largest absolute Gasteiger partial charge is 0.344 e. The van der Waals surface area contributed by atoms with Crippen molar-refractivity contribution in [2.24, 2.45) is 0 Å². The number of hydrogen-bond donors (Lipinski definition) is 2. The first-order chi connectivity index (χ1) is 9.74. The molecule has 1 unspecified atom stereocenters. The quantitative estimate of drug-likeness (QED) is 0.765. The highest BCUT2D eigenvalue weighted by Gasteiger charge is 2.12. The number of carbonyl (C=O) groups is 1. The molecule has 20 heavy (non-hydrogen) atoms. The third-order valence-corrected chi connectivity index (χ3v) is 3.18. The summed E-state index contributed by atoms with van der Waals surface area (Å²) in [5.41, 5.74) is 2.29. The van der Waals surface area contributed by atoms with Gasteiger partial charge in [-0.2, -0.15) is 5.10 Å². The molecule has 0 aliphatic heterocycles. The van der Waals surface area contributed by atoms with Gasteiger partial charge in [0.25, 0.3) is 5.91 Å². The zero-order valence-corrected chi connectivity index (χ0v) is 11.0. The second-order valence-corrected chi connectivity index (χ2v) is 4.62. The number of nitrogens with one attached hydrogen (secondary N) is 2. The normalized spacial score (nSPS) is 12.2. The van der Waals surface area contributed by atoms with E-state index in [-0.39, 0.29) is 11.9 Å². The fourth-order valence-electron chi connectivity index (χ4n) is 2.06. The maximum atomic E-state index is 12.2. The molecule has 1 amide bonds. The fourth-order valence-corrected chi connectivity index (χ4v) is 2.06. The van der Waals surface area contributed by atoms with E-state index in [2.05, 4.69) is 20.5 Å². The fraction of sp³-hybridized carbons (Fsp3) is 0.133. The van der Waals surface area contributed by atoms with Gasteiger partial charge < -0.3 is 5.32 Å². The molecule has 2 aromatic heterocycles. The van der Waals surface area contributed by atoms with Crippen LogP contribution in [-0.2, 0) is 0 Å². The lowest BCUT2D eigenvalue weighted by molar-refractivity contribution is 0.0939. The molecule has 5 heteroatoms. The average Bonchev–Trinajstić information content (AvgIpc) is 2.95. The molecular weight excluding hydrogens is 252 g/mol. The second kappa shape index (κ2) is 5.13. The Kier molecular flexibility index (Phi) is 3.16. The standard InChI is InChI=1S/C15H14N4O/c1-10(13-4-2-3-7-16-13)18-15(20)11-5-6-12-9-17-19-14(12)8-11/h2-10H,1H3,(H,17,19)(H,18,20). The number of aromatic amines is 1. The van der Waals surface area contributed by atoms with E-state index in [1.165, 1.54) is 0 Å². The lowest BCUT2D eigenvalue weighted by atomic mass is 10.1. The zero-order valence-electron chi connectivity index (χ0n) is 11.0. The Morgan fingerprint density at radius 2 is 2.20 bits per heavy atom. The number of pyridine rings is 1. The van der Waals surface area contributed by atoms with Gasteiger partial charge in [0, 0.05) is 17.1 Å². The molecule has 3 rings (SSSR count). The first-order valence-corrected chi connectivity index (χ1v) is 6.39. The summed E-state index contributed by atoms with van der Waals surface area (Å²) in [7, 11) is 0. The molecule has 1 atom stereocenters. The molecule has 0 saturated carbocycles. The molecule has 0 bridgehead atoms. The summed E-state index contributed by atoms with van der Waals surface area (Å²) in [4.78, 5) is 16.5. The van der Waals surface area contributed by atoms with Gasteiger partial charge in [0.05, 0.1) is 23.4 Å². The van der Waals surface area contributed by atoms with Crippen molar-refractivity contribution in [2.45, 2.75) is 13.0 Å². The predicted octanol–water partition coefficient (Wildman–Crippen LogP) is 2.45. The van der Waals surface area contributed by atoms with Crippen molar-refractivity contribution in [1.29, 1.82) is 0 Å². The van der Waals surface area contributed by atoms with Gasteiger partial charge in [-0.15, -0.1) is 0 Å². The molecule has 0 radical (unpaired) electrons. The molecule has 1 aromatic carbocycles. The predicted molar refractivity (Wildman–Crippen MR) is 76.2 cm³/mol. The van der Waals surface area contributed by atoms with Crippen LogP contribution in [0.5, 0.6) is 0 Å². The summed E-state index contributed by atoms with van der Waals surface area (Å²) in [5.74, 6) is -0.125. The molecule has 2 N–H and O–H groups in total. The molecule has 0 saturated heterocycles. The van der Waals surface area contributed by atoms with Crippen molar-refractivity contribution in [2.75, 3.05) is 0 Å². The van der Waals surface area contributed by atoms with Crippen molar-refractivity contribution in [3.8, 4) is 0 Å². The third kappa shape index (κ3) is 2.38. The van der Waals surface area contributed by atoms with Crippen LogP contribution in [0.1, 0.15) is 29.0 Å². The molecule has 0 aliphatic rings. The average molecular weight is 266 g/mol. The number of carbonyl (C=O) groups excluding carboxylic acids is 1. The van der Waals surface area contributed by atoms with E-state index in [1.807, 2.05) is 31.2 Å². The molecule has 2 heterocycles. The topological polar surface area (TPSA) is 70.7 Å². The van der Waals surface area contributed by atoms with E-state index >= 15 is 0 Å². The summed E-state index contributed by atoms with van der Waals surface area (Å²) < 4.78 is 0. The number of benzene rings is 1. The van der Waals surface area contributed by atoms with E-state index in [0.717, 1.165) is 16.6 Å². The van der Waals surface area contributed by atoms with Gasteiger partial charge in [-0.3, -0.25) is 14.9 Å². The van der Waals surface area contributed by atoms with Crippen molar-refractivity contribution < 1.29 is 4.79 Å². The zero-order chi connectivity index (χ0) is 13.9. The Morgan fingerprint density at radius 3 is 3.00 bits per heavy atom. The van der Waals surface area contributed by atoms with E-state index in [4.69, 9.17) is 0 Å². The summed E-state index contributed by atoms with van der Waals surface area (Å²) >= 11 is 0. The van der Waals surface area contributed by atoms with E-state index < -0.39 is 0 Å². The van der Waals surface area contributed by atoms with Crippen LogP contribution >= 0.6 is 0 Å². The monoisotopic (exact) mass is 266 g/mol. The number of hydrogen-bond acceptors (Lipinski definition) is 3. The number of nitrogens with zero attached hydrogens (tertiary/aromatic N) is 2. The molecule has 3 aromatic rings. The Balaban J connectivity index is 1.78. The minimum atomic E-state index is -0.138. The molecule has 0 fully saturated rings. The Labute approximate surface area is 116 Å². The van der Waals surface area contributed by atoms with Crippen LogP contribution in [0.2, 0.25) is 0 Å². The van der Waals surface area contributed by atoms with Gasteiger partial charge in [-0.25, -0.2) is 0 Å². The van der Waals surface area contributed by atoms with Crippen molar-refractivity contribution in [3.05, 3.63) is 60.0 Å². The third-order valence-electron chi connectivity index (χ3n) is 3.18. The SMILES string of the molecule is CC(NC(=O)c1ccc2cn[nH]c2c1)c1ccccn1. The van der Waals surface area contributed by atoms with Gasteiger partial charge >= 0.3 is 0 Å². The lowest BCUT2D eigenvalue weighted by Crippen LogP contribution is -2.27. The van der Waals surface area contributed by atoms with Crippen LogP contribution in [0.25, 0.3) is 10.9 Å². The second-order valence-electron chi connectivity index (χ2n) is 4.62. The molecular formula is C15H14N4O. The summed E-state index contributed by atoms with van der Waals surface area (Å²) in [6, 6.07) is 11.0. The number of amides is 1. The van der Waals surface area contributed by atoms with Gasteiger partial charge in [-0.1, -0.05) is 12.1 Å². The smallest absolute Gasteiger partial charge is 0.251 e. The summed E-state index contributed by atoms with van der Waals surface area (Å²) in [6.07, 6.45) is 3.45. The van der Waals surface area contributed by atoms with Gasteiger partial charge in [0.2, 0.25) is 0 Å². The number of rotatable bonds is 3. The number of aromatic nitrogens is 3. The van der Waals surface area contributed by atoms with E-state index in [9.17, 15) is 4.79 Å². The molecule has 0 aliphatic carbocycles. The van der Waals surface area contributed by atoms with Gasteiger partial charge in [-0.05, 0) is 31.2 Å². The van der Waals surface area contributed by atoms with Crippen molar-refractivity contribution >= 4 is 16.8 Å². The van der Waals surface area contributed by atoms with Gasteiger partial charge in [0.15, 0.2) is 0 Å². The minimum absolute atomic E-state index is 0.125. The minimum Gasteiger partial charge on any atom is -0.344 e. The Morgan fingerprint density at radius 1 is 1.30 bits per heavy atom. The maximum Gasteiger partial charge on any atom is 0.251 e. The van der Waals surface area contributed by atoms with Crippen LogP contribution in [0.15, 0.2) is 48.8 Å². The van der Waals surface area contributed by atoms with Crippen molar-refractivity contribution in [1.82, 2.24) is 20.5 Å². The van der Waals surface area contributed by atoms with Crippen LogP contribution in [0.4, 0.5) is 0 Å². The highest BCUT2D eigenvalue weighted by atomic mass is 16.1. The highest BCUT2D eigenvalue weighted by Crippen LogP contribution is 2.14. The van der Waals surface area contributed by atoms with Crippen molar-refractivity contribution in [3.63, 3.8) is 0 Å². The molecule has 5 nitrogen and oxygen atoms in total. The van der Waals surface area contributed by atoms with Crippen LogP contribution in [-0.4, -0.2) is 21.1 Å². The number of fused-ring (bicyclic) bond motifs is 1. The highest BCUT2D eigenvalue weighted by molar-refractivity contribution is 5.97. The van der Waals surface area contributed by atoms with Gasteiger partial charge in [0.1, 0.15) is 0 Å². The van der Waals surface area contributed by atoms with Crippen LogP contribution < -0.4 is 5.32 Å². The first-order valence-electron chi connectivity index (χ1n) is 6.39. The first kappa shape index (κ1) is 12.3. The molecule has 100 valence electrons. The van der Waals surface area contributed by atoms with Crippen LogP contribution in [0, 0.1) is 0 Å². The summed E-state index contributed by atoms with van der Waals surface area (Å²) in [5, 5.41) is 10.7. The Hall–Kier alpha value is -2.69. The summed E-state index contributed by atoms with van der Waals surface area (Å²) in [6.45, 7) is 1.91. The van der Waals surface area contributed by atoms with Crippen LogP contribution in [0.3, 0.4) is 0 Å². The number of H-pyrrole nitrogens is 1. The Bertz CT molecular complexity index is 736. The van der Waals surface area contributed by atoms with E-state index in [0.29, 0.717) is 5.56 Å². The maximum absolute atomic E-state index is 12.2. The van der Waals surface area contributed by atoms with E-state index in [1.54, 1.807) is 24.5 Å². The lowest BCUT2D eigenvalue weighted by Gasteiger charge is -2.13.